The van der Waals surface area contributed by atoms with Gasteiger partial charge in [0.1, 0.15) is 11.8 Å². The van der Waals surface area contributed by atoms with Gasteiger partial charge in [-0.15, -0.1) is 6.58 Å². The van der Waals surface area contributed by atoms with Crippen molar-refractivity contribution in [1.29, 1.82) is 0 Å². The number of benzene rings is 3. The summed E-state index contributed by atoms with van der Waals surface area (Å²) in [6.07, 6.45) is 8.72. The minimum atomic E-state index is -0.802. The first-order valence-electron chi connectivity index (χ1n) is 14.9. The highest BCUT2D eigenvalue weighted by atomic mass is 79.9. The van der Waals surface area contributed by atoms with Crippen LogP contribution in [0.3, 0.4) is 0 Å². The standard InChI is InChI=1S/2C13H17NO.C7H7Br.C4H8O/c1-3-9-14-13(11(2)15)10-12-7-5-4-6-8-12;1-3-9-13(14,11(2)15)10-12-7-5-4-6-8-12;8-6-7-4-2-1-3-5-7;1-2-4-5-3-1/h4-9,13H,3,10H2,1-2H3;3-8H,1,9-10,14H2,2H3;1-5H,6H2;1-4H2/t;13-;;/m.0../s1. The monoisotopic (exact) mass is 648 g/mol. The van der Waals surface area contributed by atoms with E-state index in [4.69, 9.17) is 10.5 Å². The third-order valence-electron chi connectivity index (χ3n) is 6.61. The van der Waals surface area contributed by atoms with Crippen molar-refractivity contribution in [1.82, 2.24) is 0 Å². The van der Waals surface area contributed by atoms with Crippen LogP contribution in [-0.2, 0) is 32.5 Å². The van der Waals surface area contributed by atoms with Crippen LogP contribution in [0.1, 0.15) is 63.1 Å². The van der Waals surface area contributed by atoms with Crippen LogP contribution in [0, 0.1) is 0 Å². The number of halogens is 1. The van der Waals surface area contributed by atoms with Gasteiger partial charge in [0.15, 0.2) is 5.78 Å². The first-order chi connectivity index (χ1) is 20.8. The van der Waals surface area contributed by atoms with Crippen LogP contribution in [-0.4, -0.2) is 42.6 Å². The zero-order chi connectivity index (χ0) is 31.8. The van der Waals surface area contributed by atoms with E-state index in [0.29, 0.717) is 19.3 Å². The lowest BCUT2D eigenvalue weighted by Crippen LogP contribution is -2.48. The van der Waals surface area contributed by atoms with Crippen LogP contribution >= 0.6 is 15.9 Å². The predicted molar refractivity (Wildman–Crippen MR) is 185 cm³/mol. The van der Waals surface area contributed by atoms with Crippen molar-refractivity contribution < 1.29 is 14.3 Å². The van der Waals surface area contributed by atoms with E-state index in [1.165, 1.54) is 25.3 Å². The Bertz CT molecular complexity index is 1170. The summed E-state index contributed by atoms with van der Waals surface area (Å²) in [5.74, 6) is 0.134. The Morgan fingerprint density at radius 1 is 0.907 bits per heavy atom. The van der Waals surface area contributed by atoms with Gasteiger partial charge in [-0.2, -0.15) is 0 Å². The summed E-state index contributed by atoms with van der Waals surface area (Å²) in [4.78, 5) is 27.1. The molecule has 1 unspecified atom stereocenters. The smallest absolute Gasteiger partial charge is 0.154 e. The molecule has 6 heteroatoms. The number of nitrogens with zero attached hydrogens (tertiary/aromatic N) is 1. The molecule has 0 saturated carbocycles. The quantitative estimate of drug-likeness (QED) is 0.129. The Kier molecular flexibility index (Phi) is 20.5. The van der Waals surface area contributed by atoms with E-state index in [1.54, 1.807) is 13.0 Å². The van der Waals surface area contributed by atoms with Gasteiger partial charge in [-0.05, 0) is 68.9 Å². The molecule has 0 aliphatic carbocycles. The topological polar surface area (TPSA) is 81.8 Å². The van der Waals surface area contributed by atoms with Crippen LogP contribution in [0.2, 0.25) is 0 Å². The minimum Gasteiger partial charge on any atom is -0.381 e. The van der Waals surface area contributed by atoms with Gasteiger partial charge in [0.2, 0.25) is 0 Å². The van der Waals surface area contributed by atoms with Crippen molar-refractivity contribution in [3.8, 4) is 0 Å². The molecular weight excluding hydrogens is 600 g/mol. The van der Waals surface area contributed by atoms with E-state index < -0.39 is 5.54 Å². The molecule has 0 amide bonds. The number of Topliss-reactive ketones (excluding diaryl/α,β-unsaturated/α-hetero) is 2. The van der Waals surface area contributed by atoms with Gasteiger partial charge >= 0.3 is 0 Å². The fourth-order valence-corrected chi connectivity index (χ4v) is 4.38. The Morgan fingerprint density at radius 3 is 1.74 bits per heavy atom. The molecule has 1 aliphatic rings. The summed E-state index contributed by atoms with van der Waals surface area (Å²) in [7, 11) is 0. The molecule has 1 fully saturated rings. The van der Waals surface area contributed by atoms with Crippen LogP contribution in [0.25, 0.3) is 0 Å². The van der Waals surface area contributed by atoms with Crippen molar-refractivity contribution >= 4 is 33.7 Å². The maximum atomic E-state index is 11.5. The molecule has 3 aromatic rings. The molecule has 1 saturated heterocycles. The van der Waals surface area contributed by atoms with Crippen molar-refractivity contribution in [2.75, 3.05) is 13.2 Å². The lowest BCUT2D eigenvalue weighted by atomic mass is 9.85. The second kappa shape index (κ2) is 23.3. The molecule has 2 atom stereocenters. The molecule has 43 heavy (non-hydrogen) atoms. The lowest BCUT2D eigenvalue weighted by Gasteiger charge is -2.25. The fourth-order valence-electron chi connectivity index (χ4n) is 4.01. The molecule has 232 valence electrons. The van der Waals surface area contributed by atoms with Crippen molar-refractivity contribution in [2.45, 2.75) is 76.2 Å². The average Bonchev–Trinajstić information content (AvgIpc) is 3.62. The summed E-state index contributed by atoms with van der Waals surface area (Å²) in [6, 6.07) is 29.9. The summed E-state index contributed by atoms with van der Waals surface area (Å²) in [6.45, 7) is 10.8. The van der Waals surface area contributed by atoms with E-state index in [1.807, 2.05) is 92.0 Å². The molecule has 3 aromatic carbocycles. The van der Waals surface area contributed by atoms with Gasteiger partial charge in [-0.1, -0.05) is 120 Å². The third kappa shape index (κ3) is 17.5. The highest BCUT2D eigenvalue weighted by Crippen LogP contribution is 2.16. The van der Waals surface area contributed by atoms with Crippen molar-refractivity contribution in [3.63, 3.8) is 0 Å². The van der Waals surface area contributed by atoms with Crippen molar-refractivity contribution in [2.24, 2.45) is 10.7 Å². The number of hydrogen-bond acceptors (Lipinski definition) is 5. The summed E-state index contributed by atoms with van der Waals surface area (Å²) in [5, 5.41) is 0.952. The molecule has 5 nitrogen and oxygen atoms in total. The maximum absolute atomic E-state index is 11.5. The third-order valence-corrected chi connectivity index (χ3v) is 7.25. The molecule has 0 bridgehead atoms. The molecule has 1 heterocycles. The summed E-state index contributed by atoms with van der Waals surface area (Å²) >= 11 is 3.36. The van der Waals surface area contributed by atoms with E-state index >= 15 is 0 Å². The zero-order valence-corrected chi connectivity index (χ0v) is 27.7. The maximum Gasteiger partial charge on any atom is 0.154 e. The molecule has 0 radical (unpaired) electrons. The molecule has 1 aliphatic heterocycles. The van der Waals surface area contributed by atoms with Crippen LogP contribution in [0.4, 0.5) is 0 Å². The van der Waals surface area contributed by atoms with E-state index in [2.05, 4.69) is 39.6 Å². The fraction of sp³-hybridized carbons (Fsp3) is 0.378. The first kappa shape index (κ1) is 37.8. The predicted octanol–water partition coefficient (Wildman–Crippen LogP) is 8.14. The van der Waals surface area contributed by atoms with E-state index in [0.717, 1.165) is 36.1 Å². The second-order valence-corrected chi connectivity index (χ2v) is 10.9. The second-order valence-electron chi connectivity index (χ2n) is 10.4. The number of hydrogen-bond donors (Lipinski definition) is 1. The van der Waals surface area contributed by atoms with Gasteiger partial charge in [0.05, 0.1) is 5.54 Å². The van der Waals surface area contributed by atoms with E-state index in [9.17, 15) is 9.59 Å². The zero-order valence-electron chi connectivity index (χ0n) is 26.1. The van der Waals surface area contributed by atoms with Crippen LogP contribution in [0.5, 0.6) is 0 Å². The van der Waals surface area contributed by atoms with Gasteiger partial charge in [-0.25, -0.2) is 0 Å². The number of carbonyl (C=O) groups is 2. The highest BCUT2D eigenvalue weighted by Gasteiger charge is 2.29. The minimum absolute atomic E-state index is 0.00579. The van der Waals surface area contributed by atoms with Gasteiger partial charge < -0.3 is 10.5 Å². The normalized spacial score (nSPS) is 14.0. The number of aliphatic imine (C=N–C) groups is 1. The first-order valence-corrected chi connectivity index (χ1v) is 16.1. The number of ether oxygens (including phenoxy) is 1. The molecular formula is C37H49BrN2O3. The molecule has 0 aromatic heterocycles. The molecule has 0 spiro atoms. The highest BCUT2D eigenvalue weighted by molar-refractivity contribution is 9.08. The van der Waals surface area contributed by atoms with Gasteiger partial charge in [0.25, 0.3) is 0 Å². The Hall–Kier alpha value is -3.19. The van der Waals surface area contributed by atoms with Crippen LogP contribution in [0.15, 0.2) is 109 Å². The van der Waals surface area contributed by atoms with Crippen LogP contribution < -0.4 is 5.73 Å². The Labute approximate surface area is 267 Å². The Morgan fingerprint density at radius 2 is 1.40 bits per heavy atom. The lowest BCUT2D eigenvalue weighted by molar-refractivity contribution is -0.122. The summed E-state index contributed by atoms with van der Waals surface area (Å²) < 4.78 is 4.94. The number of carbonyl (C=O) groups excluding carboxylic acids is 2. The number of alkyl halides is 1. The number of rotatable bonds is 11. The SMILES string of the molecule is BrCc1ccccc1.C1CCOC1.C=CC[C@](N)(Cc1ccccc1)C(C)=O.CCC=NC(Cc1ccccc1)C(C)=O. The van der Waals surface area contributed by atoms with Crippen molar-refractivity contribution in [3.05, 3.63) is 120 Å². The van der Waals surface area contributed by atoms with E-state index in [-0.39, 0.29) is 17.6 Å². The largest absolute Gasteiger partial charge is 0.381 e. The number of ketones is 2. The molecule has 4 rings (SSSR count). The molecule has 2 N–H and O–H groups in total. The van der Waals surface area contributed by atoms with Gasteiger partial charge in [0, 0.05) is 25.0 Å². The summed E-state index contributed by atoms with van der Waals surface area (Å²) in [5.41, 5.74) is 8.83. The van der Waals surface area contributed by atoms with Gasteiger partial charge in [-0.3, -0.25) is 14.6 Å². The number of nitrogens with two attached hydrogens (primary N) is 1. The average molecular weight is 650 g/mol. The Balaban J connectivity index is 0.000000308.